The summed E-state index contributed by atoms with van der Waals surface area (Å²) < 4.78 is 0. The monoisotopic (exact) mass is 584 g/mol. The van der Waals surface area contributed by atoms with E-state index < -0.39 is 0 Å². The first kappa shape index (κ1) is 33.0. The fourth-order valence-corrected chi connectivity index (χ4v) is 14.8. The molecule has 1 atom stereocenters. The van der Waals surface area contributed by atoms with Crippen LogP contribution in [0.25, 0.3) is 0 Å². The maximum atomic E-state index is 2.70. The zero-order valence-electron chi connectivity index (χ0n) is 29.2. The first-order chi connectivity index (χ1) is 18.0. The summed E-state index contributed by atoms with van der Waals surface area (Å²) in [4.78, 5) is 0. The predicted octanol–water partition coefficient (Wildman–Crippen LogP) is 12.4. The summed E-state index contributed by atoms with van der Waals surface area (Å²) in [6.07, 6.45) is 13.3. The Hall–Kier alpha value is 0.0800. The summed E-state index contributed by atoms with van der Waals surface area (Å²) in [6.45, 7) is 34.8. The van der Waals surface area contributed by atoms with Crippen LogP contribution in [0.2, 0.25) is 0 Å². The van der Waals surface area contributed by atoms with Crippen molar-refractivity contribution in [2.24, 2.45) is 23.2 Å². The number of hydrogen-bond donors (Lipinski definition) is 0. The molecule has 1 unspecified atom stereocenters. The van der Waals surface area contributed by atoms with Crippen LogP contribution in [-0.4, -0.2) is 15.5 Å². The molecule has 0 nitrogen and oxygen atoms in total. The zero-order valence-corrected chi connectivity index (χ0v) is 31.1. The molecule has 0 amide bonds. The number of benzene rings is 1. The largest absolute Gasteiger partial charge is 0.112 e. The first-order valence-corrected chi connectivity index (χ1v) is 19.4. The summed E-state index contributed by atoms with van der Waals surface area (Å²) in [5.41, 5.74) is 7.50. The Morgan fingerprint density at radius 1 is 0.650 bits per heavy atom. The molecule has 5 rings (SSSR count). The van der Waals surface area contributed by atoms with Gasteiger partial charge in [-0.2, -0.15) is 0 Å². The molecule has 0 spiro atoms. The second-order valence-corrected chi connectivity index (χ2v) is 25.3. The van der Waals surface area contributed by atoms with Gasteiger partial charge in [-0.15, -0.1) is 8.58 Å². The molecule has 0 saturated heterocycles. The highest BCUT2D eigenvalue weighted by molar-refractivity contribution is 7.60. The minimum absolute atomic E-state index is 0.155. The van der Waals surface area contributed by atoms with Gasteiger partial charge in [-0.05, 0) is 129 Å². The lowest BCUT2D eigenvalue weighted by atomic mass is 9.48. The molecule has 4 aliphatic rings. The molecule has 1 aromatic rings. The lowest BCUT2D eigenvalue weighted by molar-refractivity contribution is -0.0609. The Kier molecular flexibility index (Phi) is 8.99. The second kappa shape index (κ2) is 10.9. The van der Waals surface area contributed by atoms with E-state index in [0.717, 1.165) is 26.3 Å². The molecule has 4 bridgehead atoms. The molecule has 4 fully saturated rings. The fraction of sp³-hybridized carbons (Fsp3) is 0.842. The van der Waals surface area contributed by atoms with Gasteiger partial charge in [0, 0.05) is 0 Å². The molecule has 2 heteroatoms. The van der Waals surface area contributed by atoms with Crippen molar-refractivity contribution in [2.75, 3.05) is 0 Å². The lowest BCUT2D eigenvalue weighted by Gasteiger charge is -2.58. The van der Waals surface area contributed by atoms with Crippen molar-refractivity contribution in [1.82, 2.24) is 0 Å². The van der Waals surface area contributed by atoms with Crippen molar-refractivity contribution < 1.29 is 0 Å². The zero-order chi connectivity index (χ0) is 30.1. The van der Waals surface area contributed by atoms with E-state index in [0.29, 0.717) is 20.9 Å². The fourth-order valence-electron chi connectivity index (χ4n) is 9.73. The van der Waals surface area contributed by atoms with Gasteiger partial charge < -0.3 is 0 Å². The van der Waals surface area contributed by atoms with Crippen molar-refractivity contribution in [3.8, 4) is 0 Å². The van der Waals surface area contributed by atoms with E-state index in [4.69, 9.17) is 0 Å². The van der Waals surface area contributed by atoms with E-state index in [9.17, 15) is 0 Å². The van der Waals surface area contributed by atoms with Gasteiger partial charge in [-0.1, -0.05) is 117 Å². The lowest BCUT2D eigenvalue weighted by Crippen LogP contribution is -2.48. The average Bonchev–Trinajstić information content (AvgIpc) is 2.71. The predicted molar refractivity (Wildman–Crippen MR) is 185 cm³/mol. The van der Waals surface area contributed by atoms with Gasteiger partial charge in [-0.3, -0.25) is 0 Å². The molecule has 4 aliphatic carbocycles. The van der Waals surface area contributed by atoms with Gasteiger partial charge in [0.2, 0.25) is 0 Å². The van der Waals surface area contributed by atoms with Crippen molar-refractivity contribution in [3.05, 3.63) is 34.4 Å². The van der Waals surface area contributed by atoms with Crippen LogP contribution in [0.1, 0.15) is 164 Å². The molecule has 40 heavy (non-hydrogen) atoms. The summed E-state index contributed by atoms with van der Waals surface area (Å²) >= 11 is 0. The Bertz CT molecular complexity index is 998. The first-order valence-electron chi connectivity index (χ1n) is 16.7. The van der Waals surface area contributed by atoms with Gasteiger partial charge >= 0.3 is 0 Å². The van der Waals surface area contributed by atoms with E-state index in [-0.39, 0.29) is 18.8 Å². The van der Waals surface area contributed by atoms with Crippen molar-refractivity contribution >= 4 is 16.5 Å². The van der Waals surface area contributed by atoms with E-state index in [2.05, 4.69) is 109 Å². The van der Waals surface area contributed by atoms with E-state index in [1.54, 1.807) is 60.8 Å². The SMILES string of the molecule is CC(C)(CC12CC3CC(CC(C3)C1)C2)PCc1cc(C(C)(C)C)c(C(C)(C)C)cc1CP(C(C)(C)C)C(C)(C)C. The molecule has 4 saturated carbocycles. The van der Waals surface area contributed by atoms with Crippen molar-refractivity contribution in [2.45, 2.75) is 181 Å². The van der Waals surface area contributed by atoms with Gasteiger partial charge in [-0.25, -0.2) is 0 Å². The number of hydrogen-bond acceptors (Lipinski definition) is 0. The second-order valence-electron chi connectivity index (χ2n) is 19.4. The third-order valence-corrected chi connectivity index (χ3v) is 16.2. The molecular weight excluding hydrogens is 518 g/mol. The number of rotatable bonds is 7. The summed E-state index contributed by atoms with van der Waals surface area (Å²) in [5, 5.41) is 1.12. The Labute approximate surface area is 254 Å². The third kappa shape index (κ3) is 7.59. The molecule has 0 aliphatic heterocycles. The highest BCUT2D eigenvalue weighted by Crippen LogP contribution is 2.64. The molecule has 0 aromatic heterocycles. The maximum Gasteiger partial charge on any atom is -0.00607 e. The summed E-state index contributed by atoms with van der Waals surface area (Å²) in [5.74, 6) is 3.18. The van der Waals surface area contributed by atoms with Crippen molar-refractivity contribution in [1.29, 1.82) is 0 Å². The van der Waals surface area contributed by atoms with Crippen LogP contribution in [0, 0.1) is 23.2 Å². The molecule has 228 valence electrons. The smallest absolute Gasteiger partial charge is 0.00607 e. The van der Waals surface area contributed by atoms with Gasteiger partial charge in [0.1, 0.15) is 0 Å². The minimum Gasteiger partial charge on any atom is -0.112 e. The standard InChI is InChI=1S/C38H66P2/c1-33(2,3)31-18-29(30(19-32(31)34(4,5)6)24-40(35(7,8)9)36(10,11)12)23-39-37(13,14)25-38-20-26-15-27(21-38)17-28(16-26)22-38/h18-19,26-28,39H,15-17,20-25H2,1-14H3. The molecule has 0 radical (unpaired) electrons. The Balaban J connectivity index is 1.67. The van der Waals surface area contributed by atoms with Crippen molar-refractivity contribution in [3.63, 3.8) is 0 Å². The van der Waals surface area contributed by atoms with Crippen LogP contribution in [0.15, 0.2) is 12.1 Å². The highest BCUT2D eigenvalue weighted by Gasteiger charge is 2.52. The summed E-state index contributed by atoms with van der Waals surface area (Å²) in [6, 6.07) is 5.39. The Morgan fingerprint density at radius 3 is 1.43 bits per heavy atom. The highest BCUT2D eigenvalue weighted by atomic mass is 31.1. The van der Waals surface area contributed by atoms with E-state index in [1.165, 1.54) is 18.7 Å². The maximum absolute atomic E-state index is 2.70. The minimum atomic E-state index is -0.179. The molecular formula is C38H66P2. The third-order valence-electron chi connectivity index (χ3n) is 10.6. The quantitative estimate of drug-likeness (QED) is 0.280. The molecule has 1 aromatic carbocycles. The van der Waals surface area contributed by atoms with Crippen LogP contribution in [0.3, 0.4) is 0 Å². The van der Waals surface area contributed by atoms with E-state index >= 15 is 0 Å². The van der Waals surface area contributed by atoms with Crippen LogP contribution in [0.4, 0.5) is 0 Å². The van der Waals surface area contributed by atoms with E-state index in [1.807, 2.05) is 0 Å². The average molecular weight is 585 g/mol. The molecule has 0 N–H and O–H groups in total. The van der Waals surface area contributed by atoms with Crippen LogP contribution in [0.5, 0.6) is 0 Å². The molecule has 0 heterocycles. The normalized spacial score (nSPS) is 27.9. The van der Waals surface area contributed by atoms with Gasteiger partial charge in [0.15, 0.2) is 0 Å². The Morgan fingerprint density at radius 2 is 1.05 bits per heavy atom. The van der Waals surface area contributed by atoms with Crippen LogP contribution in [-0.2, 0) is 23.2 Å². The van der Waals surface area contributed by atoms with Crippen LogP contribution >= 0.6 is 16.5 Å². The topological polar surface area (TPSA) is 0 Å². The van der Waals surface area contributed by atoms with Gasteiger partial charge in [0.25, 0.3) is 0 Å². The van der Waals surface area contributed by atoms with Gasteiger partial charge in [0.05, 0.1) is 0 Å². The van der Waals surface area contributed by atoms with Crippen LogP contribution < -0.4 is 0 Å². The summed E-state index contributed by atoms with van der Waals surface area (Å²) in [7, 11) is 0.825.